The van der Waals surface area contributed by atoms with E-state index in [1.165, 1.54) is 0 Å². The second-order valence-corrected chi connectivity index (χ2v) is 9.55. The molecule has 0 amide bonds. The summed E-state index contributed by atoms with van der Waals surface area (Å²) in [6.45, 7) is 0. The van der Waals surface area contributed by atoms with Gasteiger partial charge in [-0.2, -0.15) is 30.8 Å². The van der Waals surface area contributed by atoms with Crippen LogP contribution in [0.25, 0.3) is 11.3 Å². The highest BCUT2D eigenvalue weighted by Gasteiger charge is 2.41. The molecule has 12 heteroatoms. The summed E-state index contributed by atoms with van der Waals surface area (Å²) in [5.74, 6) is -2.30. The molecule has 0 spiro atoms. The van der Waals surface area contributed by atoms with Crippen LogP contribution in [0.3, 0.4) is 0 Å². The molecule has 0 fully saturated rings. The van der Waals surface area contributed by atoms with Gasteiger partial charge in [0.05, 0.1) is 27.5 Å². The Hall–Kier alpha value is -2.92. The maximum Gasteiger partial charge on any atom is 0.417 e. The van der Waals surface area contributed by atoms with Gasteiger partial charge in [-0.25, -0.2) is 9.18 Å². The minimum Gasteiger partial charge on any atom is -0.478 e. The van der Waals surface area contributed by atoms with Crippen molar-refractivity contribution in [2.24, 2.45) is 0 Å². The van der Waals surface area contributed by atoms with E-state index in [2.05, 4.69) is 5.10 Å². The Morgan fingerprint density at radius 3 is 2.45 bits per heavy atom. The molecular formula is C21H15ClF4N2O4S. The Kier molecular flexibility index (Phi) is 5.73. The summed E-state index contributed by atoms with van der Waals surface area (Å²) in [6, 6.07) is 5.71. The third kappa shape index (κ3) is 3.99. The first-order chi connectivity index (χ1) is 15.4. The van der Waals surface area contributed by atoms with Crippen molar-refractivity contribution in [1.29, 1.82) is 0 Å². The van der Waals surface area contributed by atoms with E-state index in [1.807, 2.05) is 0 Å². The molecular weight excluding hydrogens is 488 g/mol. The van der Waals surface area contributed by atoms with E-state index in [0.29, 0.717) is 35.0 Å². The van der Waals surface area contributed by atoms with Crippen molar-refractivity contribution in [3.8, 4) is 11.3 Å². The maximum atomic E-state index is 14.7. The number of aromatic carboxylic acids is 1. The molecule has 0 radical (unpaired) electrons. The molecule has 0 unspecified atom stereocenters. The van der Waals surface area contributed by atoms with Gasteiger partial charge in [-0.15, -0.1) is 0 Å². The van der Waals surface area contributed by atoms with Crippen LogP contribution < -0.4 is 0 Å². The second-order valence-electron chi connectivity index (χ2n) is 7.44. The number of alkyl halides is 3. The standard InChI is InChI=1S/C21H15ClF4N2O4S/c22-15-6-3-5-14(21(24,25)26)19(15)33(31,32)28-17-7-2-1-4-13(17)18(27-28)12-9-8-11(20(29)30)10-16(12)23/h3,5-6,8-10H,1-2,4,7H2,(H,29,30). The maximum absolute atomic E-state index is 14.7. The number of aromatic nitrogens is 2. The second kappa shape index (κ2) is 8.14. The van der Waals surface area contributed by atoms with E-state index >= 15 is 0 Å². The molecule has 0 aliphatic heterocycles. The average Bonchev–Trinajstić information content (AvgIpc) is 3.13. The molecule has 6 nitrogen and oxygen atoms in total. The van der Waals surface area contributed by atoms with Gasteiger partial charge < -0.3 is 5.11 Å². The van der Waals surface area contributed by atoms with Crippen LogP contribution in [0.5, 0.6) is 0 Å². The molecule has 0 saturated carbocycles. The van der Waals surface area contributed by atoms with Gasteiger partial charge >= 0.3 is 12.1 Å². The van der Waals surface area contributed by atoms with Crippen molar-refractivity contribution in [3.05, 3.63) is 69.6 Å². The molecule has 1 aliphatic carbocycles. The molecule has 0 saturated heterocycles. The van der Waals surface area contributed by atoms with Crippen molar-refractivity contribution < 1.29 is 35.9 Å². The first kappa shape index (κ1) is 23.2. The van der Waals surface area contributed by atoms with Gasteiger partial charge in [0, 0.05) is 11.1 Å². The smallest absolute Gasteiger partial charge is 0.417 e. The summed E-state index contributed by atoms with van der Waals surface area (Å²) in [5.41, 5.74) is -1.44. The van der Waals surface area contributed by atoms with Crippen molar-refractivity contribution in [2.75, 3.05) is 0 Å². The van der Waals surface area contributed by atoms with Gasteiger partial charge in [0.2, 0.25) is 0 Å². The van der Waals surface area contributed by atoms with Gasteiger partial charge in [0.25, 0.3) is 10.0 Å². The molecule has 1 N–H and O–H groups in total. The van der Waals surface area contributed by atoms with Crippen LogP contribution in [0.1, 0.15) is 40.0 Å². The molecule has 3 aromatic rings. The first-order valence-corrected chi connectivity index (χ1v) is 11.5. The van der Waals surface area contributed by atoms with Crippen LogP contribution in [-0.4, -0.2) is 28.7 Å². The lowest BCUT2D eigenvalue weighted by Crippen LogP contribution is -2.23. The summed E-state index contributed by atoms with van der Waals surface area (Å²) in [6.07, 6.45) is -3.28. The zero-order valence-electron chi connectivity index (χ0n) is 16.7. The number of rotatable bonds is 4. The van der Waals surface area contributed by atoms with Crippen LogP contribution in [0.4, 0.5) is 17.6 Å². The fourth-order valence-electron chi connectivity index (χ4n) is 3.90. The van der Waals surface area contributed by atoms with Gasteiger partial charge in [0.1, 0.15) is 10.7 Å². The minimum atomic E-state index is -5.00. The van der Waals surface area contributed by atoms with Gasteiger partial charge in [-0.3, -0.25) is 0 Å². The third-order valence-electron chi connectivity index (χ3n) is 5.38. The van der Waals surface area contributed by atoms with E-state index in [0.717, 1.165) is 30.3 Å². The Morgan fingerprint density at radius 2 is 1.82 bits per heavy atom. The quantitative estimate of drug-likeness (QED) is 0.497. The number of hydrogen-bond donors (Lipinski definition) is 1. The van der Waals surface area contributed by atoms with Crippen LogP contribution in [-0.2, 0) is 29.0 Å². The Labute approximate surface area is 190 Å². The van der Waals surface area contributed by atoms with E-state index in [1.54, 1.807) is 0 Å². The SMILES string of the molecule is O=C(O)c1ccc(-c2nn(S(=O)(=O)c3c(Cl)cccc3C(F)(F)F)c3c2CCCC3)c(F)c1. The van der Waals surface area contributed by atoms with E-state index in [9.17, 15) is 30.8 Å². The van der Waals surface area contributed by atoms with Crippen molar-refractivity contribution >= 4 is 27.6 Å². The van der Waals surface area contributed by atoms with Crippen LogP contribution in [0.2, 0.25) is 5.02 Å². The number of carbonyl (C=O) groups is 1. The molecule has 174 valence electrons. The number of carboxylic acid groups (broad SMARTS) is 1. The molecule has 0 atom stereocenters. The summed E-state index contributed by atoms with van der Waals surface area (Å²) >= 11 is 5.91. The lowest BCUT2D eigenvalue weighted by Gasteiger charge is -2.17. The molecule has 0 bridgehead atoms. The number of nitrogens with zero attached hydrogens (tertiary/aromatic N) is 2. The minimum absolute atomic E-state index is 0.0664. The fourth-order valence-corrected chi connectivity index (χ4v) is 6.00. The van der Waals surface area contributed by atoms with Crippen LogP contribution in [0.15, 0.2) is 41.3 Å². The molecule has 1 aromatic heterocycles. The van der Waals surface area contributed by atoms with Gasteiger partial charge in [-0.1, -0.05) is 17.7 Å². The largest absolute Gasteiger partial charge is 0.478 e. The van der Waals surface area contributed by atoms with Crippen molar-refractivity contribution in [3.63, 3.8) is 0 Å². The van der Waals surface area contributed by atoms with E-state index < -0.39 is 43.5 Å². The topological polar surface area (TPSA) is 89.3 Å². The van der Waals surface area contributed by atoms with E-state index in [-0.39, 0.29) is 28.9 Å². The Morgan fingerprint density at radius 1 is 1.12 bits per heavy atom. The highest BCUT2D eigenvalue weighted by molar-refractivity contribution is 7.90. The number of fused-ring (bicyclic) bond motifs is 1. The number of hydrogen-bond acceptors (Lipinski definition) is 4. The summed E-state index contributed by atoms with van der Waals surface area (Å²) in [7, 11) is -4.91. The first-order valence-electron chi connectivity index (χ1n) is 9.68. The number of carboxylic acids is 1. The highest BCUT2D eigenvalue weighted by atomic mass is 35.5. The lowest BCUT2D eigenvalue weighted by atomic mass is 9.93. The monoisotopic (exact) mass is 502 g/mol. The fraction of sp³-hybridized carbons (Fsp3) is 0.238. The normalized spacial score (nSPS) is 14.2. The van der Waals surface area contributed by atoms with Gasteiger partial charge in [-0.05, 0) is 56.0 Å². The van der Waals surface area contributed by atoms with Crippen LogP contribution >= 0.6 is 11.6 Å². The molecule has 33 heavy (non-hydrogen) atoms. The Bertz CT molecular complexity index is 1380. The zero-order valence-corrected chi connectivity index (χ0v) is 18.2. The molecule has 2 aromatic carbocycles. The third-order valence-corrected chi connectivity index (χ3v) is 7.52. The Balaban J connectivity index is 1.97. The lowest BCUT2D eigenvalue weighted by molar-refractivity contribution is -0.139. The molecule has 4 rings (SSSR count). The number of benzene rings is 2. The molecule has 1 aliphatic rings. The summed E-state index contributed by atoms with van der Waals surface area (Å²) in [4.78, 5) is 9.96. The van der Waals surface area contributed by atoms with Gasteiger partial charge in [0.15, 0.2) is 0 Å². The van der Waals surface area contributed by atoms with E-state index in [4.69, 9.17) is 16.7 Å². The summed E-state index contributed by atoms with van der Waals surface area (Å²) < 4.78 is 82.8. The van der Waals surface area contributed by atoms with Crippen molar-refractivity contribution in [2.45, 2.75) is 36.8 Å². The average molecular weight is 503 g/mol. The predicted octanol–water partition coefficient (Wildman–Crippen LogP) is 5.18. The molecule has 1 heterocycles. The predicted molar refractivity (Wildman–Crippen MR) is 110 cm³/mol. The highest BCUT2D eigenvalue weighted by Crippen LogP contribution is 2.40. The summed E-state index contributed by atoms with van der Waals surface area (Å²) in [5, 5.41) is 12.5. The zero-order chi connectivity index (χ0) is 24.1. The van der Waals surface area contributed by atoms with Crippen molar-refractivity contribution in [1.82, 2.24) is 9.19 Å². The number of halogens is 5. The van der Waals surface area contributed by atoms with Crippen LogP contribution in [0, 0.1) is 5.82 Å².